The maximum absolute atomic E-state index is 13.4. The van der Waals surface area contributed by atoms with Crippen molar-refractivity contribution in [3.8, 4) is 0 Å². The molecule has 1 aliphatic heterocycles. The van der Waals surface area contributed by atoms with Crippen LogP contribution >= 0.6 is 0 Å². The van der Waals surface area contributed by atoms with Gasteiger partial charge in [0, 0.05) is 6.07 Å². The highest BCUT2D eigenvalue weighted by atomic mass is 19.1. The van der Waals surface area contributed by atoms with Crippen LogP contribution in [-0.2, 0) is 0 Å². The number of amides is 2. The summed E-state index contributed by atoms with van der Waals surface area (Å²) in [4.78, 5) is 25.3. The zero-order valence-electron chi connectivity index (χ0n) is 9.76. The lowest BCUT2D eigenvalue weighted by Crippen LogP contribution is -2.29. The van der Waals surface area contributed by atoms with Crippen molar-refractivity contribution in [1.82, 2.24) is 0 Å². The largest absolute Gasteiger partial charge is 0.396 e. The first-order valence-electron chi connectivity index (χ1n) is 5.62. The Bertz CT molecular complexity index is 677. The van der Waals surface area contributed by atoms with Crippen molar-refractivity contribution in [2.75, 3.05) is 10.6 Å². The van der Waals surface area contributed by atoms with Crippen LogP contribution in [0.5, 0.6) is 0 Å². The second kappa shape index (κ2) is 3.91. The zero-order chi connectivity index (χ0) is 13.6. The predicted octanol–water partition coefficient (Wildman–Crippen LogP) is 2.21. The Labute approximate surface area is 108 Å². The Morgan fingerprint density at radius 1 is 0.947 bits per heavy atom. The van der Waals surface area contributed by atoms with E-state index >= 15 is 0 Å². The molecular formula is C14H9FN2O2. The third-order valence-corrected chi connectivity index (χ3v) is 3.04. The third-order valence-electron chi connectivity index (χ3n) is 3.04. The van der Waals surface area contributed by atoms with E-state index in [2.05, 4.69) is 0 Å². The van der Waals surface area contributed by atoms with Crippen LogP contribution in [0, 0.1) is 5.82 Å². The topological polar surface area (TPSA) is 63.4 Å². The second-order valence-corrected chi connectivity index (χ2v) is 4.20. The maximum atomic E-state index is 13.4. The predicted molar refractivity (Wildman–Crippen MR) is 68.4 cm³/mol. The van der Waals surface area contributed by atoms with Gasteiger partial charge in [-0.05, 0) is 24.3 Å². The number of benzene rings is 2. The summed E-state index contributed by atoms with van der Waals surface area (Å²) >= 11 is 0. The molecule has 0 radical (unpaired) electrons. The highest BCUT2D eigenvalue weighted by Crippen LogP contribution is 2.29. The van der Waals surface area contributed by atoms with Gasteiger partial charge in [-0.3, -0.25) is 9.59 Å². The molecule has 3 rings (SSSR count). The molecule has 2 aromatic rings. The number of fused-ring (bicyclic) bond motifs is 1. The van der Waals surface area contributed by atoms with Crippen LogP contribution < -0.4 is 10.6 Å². The molecule has 0 atom stereocenters. The number of anilines is 2. The second-order valence-electron chi connectivity index (χ2n) is 4.20. The van der Waals surface area contributed by atoms with Crippen molar-refractivity contribution in [2.45, 2.75) is 0 Å². The molecule has 5 heteroatoms. The van der Waals surface area contributed by atoms with Gasteiger partial charge in [0.1, 0.15) is 5.82 Å². The van der Waals surface area contributed by atoms with Crippen LogP contribution in [0.15, 0.2) is 42.5 Å². The average molecular weight is 256 g/mol. The van der Waals surface area contributed by atoms with Crippen molar-refractivity contribution in [3.63, 3.8) is 0 Å². The van der Waals surface area contributed by atoms with Gasteiger partial charge in [-0.1, -0.05) is 12.1 Å². The molecule has 2 amide bonds. The van der Waals surface area contributed by atoms with Gasteiger partial charge in [0.2, 0.25) is 0 Å². The molecule has 0 unspecified atom stereocenters. The van der Waals surface area contributed by atoms with Crippen molar-refractivity contribution in [1.29, 1.82) is 0 Å². The van der Waals surface area contributed by atoms with Crippen molar-refractivity contribution < 1.29 is 14.0 Å². The number of nitrogens with zero attached hydrogens (tertiary/aromatic N) is 1. The average Bonchev–Trinajstić information content (AvgIpc) is 2.66. The van der Waals surface area contributed by atoms with Gasteiger partial charge in [0.15, 0.2) is 0 Å². The smallest absolute Gasteiger partial charge is 0.266 e. The van der Waals surface area contributed by atoms with Gasteiger partial charge in [-0.15, -0.1) is 0 Å². The number of hydrogen-bond acceptors (Lipinski definition) is 3. The van der Waals surface area contributed by atoms with Gasteiger partial charge in [0.05, 0.1) is 22.5 Å². The molecule has 0 saturated heterocycles. The van der Waals surface area contributed by atoms with E-state index in [9.17, 15) is 14.0 Å². The van der Waals surface area contributed by atoms with Crippen molar-refractivity contribution >= 4 is 23.2 Å². The number of rotatable bonds is 1. The van der Waals surface area contributed by atoms with Gasteiger partial charge >= 0.3 is 0 Å². The lowest BCUT2D eigenvalue weighted by molar-refractivity contribution is 0.0926. The van der Waals surface area contributed by atoms with Crippen molar-refractivity contribution in [2.24, 2.45) is 0 Å². The Balaban J connectivity index is 2.11. The molecule has 0 aromatic heterocycles. The molecule has 1 aliphatic rings. The lowest BCUT2D eigenvalue weighted by Gasteiger charge is -2.14. The Morgan fingerprint density at radius 3 is 2.05 bits per heavy atom. The molecule has 94 valence electrons. The van der Waals surface area contributed by atoms with E-state index in [1.54, 1.807) is 24.3 Å². The van der Waals surface area contributed by atoms with Crippen molar-refractivity contribution in [3.05, 3.63) is 59.4 Å². The zero-order valence-corrected chi connectivity index (χ0v) is 9.76. The summed E-state index contributed by atoms with van der Waals surface area (Å²) < 4.78 is 13.4. The van der Waals surface area contributed by atoms with Gasteiger partial charge in [-0.25, -0.2) is 9.29 Å². The normalized spacial score (nSPS) is 13.8. The summed E-state index contributed by atoms with van der Waals surface area (Å²) in [7, 11) is 0. The summed E-state index contributed by atoms with van der Waals surface area (Å²) in [5.74, 6) is -1.57. The number of nitrogens with two attached hydrogens (primary N) is 1. The van der Waals surface area contributed by atoms with E-state index in [4.69, 9.17) is 5.73 Å². The van der Waals surface area contributed by atoms with Gasteiger partial charge in [0.25, 0.3) is 11.8 Å². The molecule has 0 bridgehead atoms. The Hall–Kier alpha value is -2.69. The van der Waals surface area contributed by atoms with Crippen LogP contribution in [0.1, 0.15) is 20.7 Å². The van der Waals surface area contributed by atoms with Crippen LogP contribution in [0.3, 0.4) is 0 Å². The van der Waals surface area contributed by atoms with E-state index in [1.807, 2.05) is 0 Å². The summed E-state index contributed by atoms with van der Waals surface area (Å²) in [6.07, 6.45) is 0. The number of carbonyl (C=O) groups is 2. The Morgan fingerprint density at radius 2 is 1.53 bits per heavy atom. The molecule has 4 nitrogen and oxygen atoms in total. The SMILES string of the molecule is Nc1ccc(N2C(=O)c3ccccc3C2=O)cc1F. The maximum Gasteiger partial charge on any atom is 0.266 e. The van der Waals surface area contributed by atoms with Gasteiger partial charge < -0.3 is 5.73 Å². The van der Waals surface area contributed by atoms with E-state index in [0.717, 1.165) is 11.0 Å². The number of halogens is 1. The molecular weight excluding hydrogens is 247 g/mol. The molecule has 2 N–H and O–H groups in total. The number of carbonyl (C=O) groups excluding carboxylic acids is 2. The summed E-state index contributed by atoms with van der Waals surface area (Å²) in [6, 6.07) is 10.4. The van der Waals surface area contributed by atoms with Crippen LogP contribution in [0.4, 0.5) is 15.8 Å². The quantitative estimate of drug-likeness (QED) is 0.628. The van der Waals surface area contributed by atoms with E-state index in [1.165, 1.54) is 12.1 Å². The summed E-state index contributed by atoms with van der Waals surface area (Å²) in [6.45, 7) is 0. The first-order valence-corrected chi connectivity index (χ1v) is 5.62. The Kier molecular flexibility index (Phi) is 2.35. The number of hydrogen-bond donors (Lipinski definition) is 1. The van der Waals surface area contributed by atoms with E-state index in [0.29, 0.717) is 11.1 Å². The van der Waals surface area contributed by atoms with Crippen LogP contribution in [-0.4, -0.2) is 11.8 Å². The highest BCUT2D eigenvalue weighted by Gasteiger charge is 2.36. The third kappa shape index (κ3) is 1.59. The fourth-order valence-electron chi connectivity index (χ4n) is 2.08. The molecule has 0 saturated carbocycles. The number of nitrogen functional groups attached to an aromatic ring is 1. The molecule has 2 aromatic carbocycles. The van der Waals surface area contributed by atoms with Gasteiger partial charge in [-0.2, -0.15) is 0 Å². The lowest BCUT2D eigenvalue weighted by atomic mass is 10.1. The van der Waals surface area contributed by atoms with E-state index < -0.39 is 17.6 Å². The molecule has 0 aliphatic carbocycles. The minimum atomic E-state index is -0.658. The first kappa shape index (κ1) is 11.4. The summed E-state index contributed by atoms with van der Waals surface area (Å²) in [5, 5.41) is 0. The number of imide groups is 1. The fraction of sp³-hybridized carbons (Fsp3) is 0. The fourth-order valence-corrected chi connectivity index (χ4v) is 2.08. The molecule has 1 heterocycles. The molecule has 0 spiro atoms. The monoisotopic (exact) mass is 256 g/mol. The van der Waals surface area contributed by atoms with E-state index in [-0.39, 0.29) is 11.4 Å². The highest BCUT2D eigenvalue weighted by molar-refractivity contribution is 6.34. The first-order chi connectivity index (χ1) is 9.09. The minimum Gasteiger partial charge on any atom is -0.396 e. The standard InChI is InChI=1S/C14H9FN2O2/c15-11-7-8(5-6-12(11)16)17-13(18)9-3-1-2-4-10(9)14(17)19/h1-7H,16H2. The molecule has 19 heavy (non-hydrogen) atoms. The summed E-state index contributed by atoms with van der Waals surface area (Å²) in [5.41, 5.74) is 6.18. The van der Waals surface area contributed by atoms with Crippen LogP contribution in [0.2, 0.25) is 0 Å². The van der Waals surface area contributed by atoms with Crippen LogP contribution in [0.25, 0.3) is 0 Å². The minimum absolute atomic E-state index is 0.0274. The molecule has 0 fully saturated rings.